The molecule has 106 valence electrons. The lowest BCUT2D eigenvalue weighted by molar-refractivity contribution is 0.108. The second-order valence-corrected chi connectivity index (χ2v) is 7.06. The molecule has 1 nitrogen and oxygen atoms in total. The van der Waals surface area contributed by atoms with E-state index in [1.165, 1.54) is 25.0 Å². The Hall–Kier alpha value is -0.600. The molecule has 0 saturated carbocycles. The molecule has 1 heterocycles. The molecule has 0 amide bonds. The zero-order valence-electron chi connectivity index (χ0n) is 12.0. The molecule has 1 aromatic carbocycles. The van der Waals surface area contributed by atoms with Crippen LogP contribution >= 0.6 is 11.6 Å². The maximum absolute atomic E-state index is 13.0. The molecule has 1 fully saturated rings. The van der Waals surface area contributed by atoms with Crippen molar-refractivity contribution in [2.24, 2.45) is 11.3 Å². The van der Waals surface area contributed by atoms with E-state index in [4.69, 9.17) is 11.6 Å². The molecule has 0 bridgehead atoms. The summed E-state index contributed by atoms with van der Waals surface area (Å²) in [4.78, 5) is 2.42. The highest BCUT2D eigenvalue weighted by Crippen LogP contribution is 2.34. The third-order valence-electron chi connectivity index (χ3n) is 4.22. The maximum atomic E-state index is 13.0. The van der Waals surface area contributed by atoms with Crippen molar-refractivity contribution in [3.05, 3.63) is 34.6 Å². The highest BCUT2D eigenvalue weighted by Gasteiger charge is 2.28. The highest BCUT2D eigenvalue weighted by molar-refractivity contribution is 6.31. The van der Waals surface area contributed by atoms with Crippen LogP contribution in [0.5, 0.6) is 0 Å². The second kappa shape index (κ2) is 5.80. The number of benzene rings is 1. The fourth-order valence-electron chi connectivity index (χ4n) is 2.85. The Kier molecular flexibility index (Phi) is 4.52. The Bertz CT molecular complexity index is 431. The topological polar surface area (TPSA) is 3.24 Å². The number of piperidine rings is 1. The molecule has 0 aliphatic carbocycles. The summed E-state index contributed by atoms with van der Waals surface area (Å²) in [6.45, 7) is 10.0. The maximum Gasteiger partial charge on any atom is 0.124 e. The van der Waals surface area contributed by atoms with Gasteiger partial charge in [0, 0.05) is 11.6 Å². The third-order valence-corrected chi connectivity index (χ3v) is 4.57. The van der Waals surface area contributed by atoms with Crippen molar-refractivity contribution in [3.63, 3.8) is 0 Å². The van der Waals surface area contributed by atoms with Crippen molar-refractivity contribution in [3.8, 4) is 0 Å². The van der Waals surface area contributed by atoms with Gasteiger partial charge in [-0.25, -0.2) is 4.39 Å². The molecule has 1 saturated heterocycles. The number of hydrogen-bond donors (Lipinski definition) is 0. The zero-order chi connectivity index (χ0) is 14.0. The number of halogens is 2. The van der Waals surface area contributed by atoms with Crippen LogP contribution < -0.4 is 0 Å². The summed E-state index contributed by atoms with van der Waals surface area (Å²) < 4.78 is 13.0. The van der Waals surface area contributed by atoms with E-state index in [1.807, 2.05) is 0 Å². The Balaban J connectivity index is 1.92. The average molecular weight is 284 g/mol. The van der Waals surface area contributed by atoms with Crippen LogP contribution in [-0.4, -0.2) is 18.0 Å². The van der Waals surface area contributed by atoms with Crippen LogP contribution in [0.4, 0.5) is 4.39 Å². The molecular formula is C16H23ClFN. The van der Waals surface area contributed by atoms with Gasteiger partial charge in [-0.05, 0) is 55.0 Å². The third kappa shape index (κ3) is 3.93. The number of rotatable bonds is 2. The summed E-state index contributed by atoms with van der Waals surface area (Å²) in [6.07, 6.45) is 2.48. The monoisotopic (exact) mass is 283 g/mol. The van der Waals surface area contributed by atoms with Crippen molar-refractivity contribution in [1.29, 1.82) is 0 Å². The minimum atomic E-state index is -0.264. The second-order valence-electron chi connectivity index (χ2n) is 6.65. The van der Waals surface area contributed by atoms with Gasteiger partial charge in [-0.15, -0.1) is 0 Å². The number of hydrogen-bond acceptors (Lipinski definition) is 1. The van der Waals surface area contributed by atoms with Gasteiger partial charge in [0.15, 0.2) is 0 Å². The molecule has 0 unspecified atom stereocenters. The Morgan fingerprint density at radius 2 is 1.89 bits per heavy atom. The largest absolute Gasteiger partial charge is 0.299 e. The van der Waals surface area contributed by atoms with Crippen molar-refractivity contribution < 1.29 is 4.39 Å². The molecule has 1 aliphatic rings. The van der Waals surface area contributed by atoms with Crippen LogP contribution in [0.25, 0.3) is 0 Å². The van der Waals surface area contributed by atoms with E-state index in [9.17, 15) is 4.39 Å². The summed E-state index contributed by atoms with van der Waals surface area (Å²) in [5.41, 5.74) is 1.43. The van der Waals surface area contributed by atoms with E-state index in [0.717, 1.165) is 31.1 Å². The molecule has 19 heavy (non-hydrogen) atoms. The van der Waals surface area contributed by atoms with Crippen LogP contribution in [0.15, 0.2) is 18.2 Å². The summed E-state index contributed by atoms with van der Waals surface area (Å²) in [5.74, 6) is 0.535. The molecule has 1 aliphatic heterocycles. The van der Waals surface area contributed by atoms with Gasteiger partial charge in [-0.1, -0.05) is 38.4 Å². The van der Waals surface area contributed by atoms with Crippen LogP contribution in [0.3, 0.4) is 0 Å². The summed E-state index contributed by atoms with van der Waals surface area (Å²) in [5, 5.41) is 0.540. The lowest BCUT2D eigenvalue weighted by Crippen LogP contribution is -2.37. The molecular weight excluding hydrogens is 261 g/mol. The minimum absolute atomic E-state index is 0.264. The van der Waals surface area contributed by atoms with Crippen LogP contribution in [0.1, 0.15) is 39.2 Å². The van der Waals surface area contributed by atoms with Crippen LogP contribution in [0, 0.1) is 17.2 Å². The van der Waals surface area contributed by atoms with E-state index in [1.54, 1.807) is 6.07 Å². The number of likely N-dealkylation sites (tertiary alicyclic amines) is 1. The Morgan fingerprint density at radius 1 is 1.26 bits per heavy atom. The summed E-state index contributed by atoms with van der Waals surface area (Å²) in [7, 11) is 0. The molecule has 3 heteroatoms. The molecule has 0 spiro atoms. The van der Waals surface area contributed by atoms with Gasteiger partial charge in [-0.3, -0.25) is 4.90 Å². The van der Waals surface area contributed by atoms with Gasteiger partial charge < -0.3 is 0 Å². The van der Waals surface area contributed by atoms with Crippen LogP contribution in [0.2, 0.25) is 5.02 Å². The first-order valence-electron chi connectivity index (χ1n) is 7.02. The summed E-state index contributed by atoms with van der Waals surface area (Å²) in [6, 6.07) is 4.69. The van der Waals surface area contributed by atoms with Gasteiger partial charge in [0.2, 0.25) is 0 Å². The molecule has 2 rings (SSSR count). The molecule has 1 aromatic rings. The Morgan fingerprint density at radius 3 is 2.42 bits per heavy atom. The average Bonchev–Trinajstić information content (AvgIpc) is 2.32. The number of nitrogens with zero attached hydrogens (tertiary/aromatic N) is 1. The first-order chi connectivity index (χ1) is 8.86. The van der Waals surface area contributed by atoms with E-state index in [0.29, 0.717) is 10.4 Å². The standard InChI is InChI=1S/C16H23ClFN/c1-16(2,3)13-6-8-19(9-7-13)11-12-4-5-14(18)10-15(12)17/h4-5,10,13H,6-9,11H2,1-3H3. The highest BCUT2D eigenvalue weighted by atomic mass is 35.5. The van der Waals surface area contributed by atoms with Gasteiger partial charge >= 0.3 is 0 Å². The molecule has 0 N–H and O–H groups in total. The normalized spacial score (nSPS) is 18.8. The van der Waals surface area contributed by atoms with E-state index in [2.05, 4.69) is 25.7 Å². The van der Waals surface area contributed by atoms with Gasteiger partial charge in [0.05, 0.1) is 0 Å². The van der Waals surface area contributed by atoms with Crippen molar-refractivity contribution in [2.75, 3.05) is 13.1 Å². The van der Waals surface area contributed by atoms with E-state index < -0.39 is 0 Å². The predicted molar refractivity (Wildman–Crippen MR) is 78.9 cm³/mol. The van der Waals surface area contributed by atoms with Crippen molar-refractivity contribution in [2.45, 2.75) is 40.2 Å². The predicted octanol–water partition coefficient (Wildman–Crippen LogP) is 4.74. The van der Waals surface area contributed by atoms with Crippen molar-refractivity contribution >= 4 is 11.6 Å². The fraction of sp³-hybridized carbons (Fsp3) is 0.625. The Labute approximate surface area is 120 Å². The lowest BCUT2D eigenvalue weighted by Gasteiger charge is -2.38. The SMILES string of the molecule is CC(C)(C)C1CCN(Cc2ccc(F)cc2Cl)CC1. The van der Waals surface area contributed by atoms with Crippen LogP contribution in [-0.2, 0) is 6.54 Å². The quantitative estimate of drug-likeness (QED) is 0.758. The summed E-state index contributed by atoms with van der Waals surface area (Å²) >= 11 is 6.08. The molecule has 0 radical (unpaired) electrons. The molecule has 0 atom stereocenters. The first-order valence-corrected chi connectivity index (χ1v) is 7.40. The smallest absolute Gasteiger partial charge is 0.124 e. The van der Waals surface area contributed by atoms with Gasteiger partial charge in [0.1, 0.15) is 5.82 Å². The zero-order valence-corrected chi connectivity index (χ0v) is 12.8. The van der Waals surface area contributed by atoms with Gasteiger partial charge in [-0.2, -0.15) is 0 Å². The minimum Gasteiger partial charge on any atom is -0.299 e. The fourth-order valence-corrected chi connectivity index (χ4v) is 3.07. The van der Waals surface area contributed by atoms with Crippen molar-refractivity contribution in [1.82, 2.24) is 4.90 Å². The lowest BCUT2D eigenvalue weighted by atomic mass is 9.75. The molecule has 0 aromatic heterocycles. The first kappa shape index (κ1) is 14.8. The van der Waals surface area contributed by atoms with E-state index >= 15 is 0 Å². The van der Waals surface area contributed by atoms with Gasteiger partial charge in [0.25, 0.3) is 0 Å². The van der Waals surface area contributed by atoms with E-state index in [-0.39, 0.29) is 5.82 Å².